The van der Waals surface area contributed by atoms with Crippen molar-refractivity contribution in [1.82, 2.24) is 5.32 Å². The zero-order valence-electron chi connectivity index (χ0n) is 14.4. The number of esters is 1. The Morgan fingerprint density at radius 2 is 1.82 bits per heavy atom. The second kappa shape index (κ2) is 7.53. The number of halogens is 1. The number of ether oxygens (including phenoxy) is 1. The molecule has 0 radical (unpaired) electrons. The lowest BCUT2D eigenvalue weighted by Gasteiger charge is -2.26. The molecule has 1 saturated heterocycles. The van der Waals surface area contributed by atoms with E-state index in [1.165, 1.54) is 55.7 Å². The third-order valence-electron chi connectivity index (χ3n) is 3.93. The Morgan fingerprint density at radius 1 is 1.14 bits per heavy atom. The number of carbonyl (C=O) groups excluding carboxylic acids is 4. The maximum atomic E-state index is 12.8. The molecule has 9 heteroatoms. The van der Waals surface area contributed by atoms with Crippen LogP contribution in [0.1, 0.15) is 15.9 Å². The van der Waals surface area contributed by atoms with Gasteiger partial charge in [0, 0.05) is 0 Å². The largest absolute Gasteiger partial charge is 0.506 e. The predicted molar refractivity (Wildman–Crippen MR) is 99.9 cm³/mol. The number of aromatic hydroxyl groups is 1. The molecule has 0 atom stereocenters. The Bertz CT molecular complexity index is 1030. The van der Waals surface area contributed by atoms with Crippen LogP contribution in [-0.4, -0.2) is 36.0 Å². The summed E-state index contributed by atoms with van der Waals surface area (Å²) in [4.78, 5) is 49.4. The van der Waals surface area contributed by atoms with E-state index >= 15 is 0 Å². The van der Waals surface area contributed by atoms with Gasteiger partial charge in [0.15, 0.2) is 0 Å². The number of amides is 4. The zero-order valence-corrected chi connectivity index (χ0v) is 15.2. The summed E-state index contributed by atoms with van der Waals surface area (Å²) in [6.07, 6.45) is 1.26. The number of anilines is 1. The number of phenolic OH excluding ortho intramolecular Hbond substituents is 1. The molecule has 2 N–H and O–H groups in total. The molecule has 0 spiro atoms. The summed E-state index contributed by atoms with van der Waals surface area (Å²) >= 11 is 5.84. The lowest BCUT2D eigenvalue weighted by molar-refractivity contribution is -0.122. The lowest BCUT2D eigenvalue weighted by atomic mass is 10.1. The van der Waals surface area contributed by atoms with E-state index in [9.17, 15) is 24.3 Å². The standard InChI is InChI=1S/C19H13ClN2O6/c1-28-18(26)11-3-5-12(6-4-11)22-17(25)13(16(24)21-19(22)27)8-10-2-7-15(23)14(20)9-10/h2-9,23H,1H3,(H,21,24,27)/b13-8-. The highest BCUT2D eigenvalue weighted by Crippen LogP contribution is 2.26. The first-order valence-corrected chi connectivity index (χ1v) is 8.28. The molecule has 1 fully saturated rings. The van der Waals surface area contributed by atoms with Crippen molar-refractivity contribution >= 4 is 47.2 Å². The van der Waals surface area contributed by atoms with E-state index in [-0.39, 0.29) is 27.6 Å². The van der Waals surface area contributed by atoms with Gasteiger partial charge in [-0.3, -0.25) is 14.9 Å². The van der Waals surface area contributed by atoms with Gasteiger partial charge in [0.25, 0.3) is 11.8 Å². The van der Waals surface area contributed by atoms with Crippen molar-refractivity contribution in [1.29, 1.82) is 0 Å². The smallest absolute Gasteiger partial charge is 0.337 e. The summed E-state index contributed by atoms with van der Waals surface area (Å²) in [5.41, 5.74) is 0.494. The number of nitrogens with zero attached hydrogens (tertiary/aromatic N) is 1. The molecule has 2 aromatic rings. The van der Waals surface area contributed by atoms with Crippen LogP contribution in [0.3, 0.4) is 0 Å². The van der Waals surface area contributed by atoms with Crippen molar-refractivity contribution in [3.8, 4) is 5.75 Å². The van der Waals surface area contributed by atoms with Crippen LogP contribution in [0, 0.1) is 0 Å². The number of benzene rings is 2. The van der Waals surface area contributed by atoms with E-state index in [1.807, 2.05) is 0 Å². The molecule has 1 aliphatic heterocycles. The van der Waals surface area contributed by atoms with Crippen molar-refractivity contribution in [2.24, 2.45) is 0 Å². The topological polar surface area (TPSA) is 113 Å². The number of urea groups is 1. The summed E-state index contributed by atoms with van der Waals surface area (Å²) in [5, 5.41) is 11.6. The van der Waals surface area contributed by atoms with Crippen LogP contribution in [0.15, 0.2) is 48.0 Å². The second-order valence-corrected chi connectivity index (χ2v) is 6.11. The first-order valence-electron chi connectivity index (χ1n) is 7.90. The van der Waals surface area contributed by atoms with Crippen LogP contribution < -0.4 is 10.2 Å². The Balaban J connectivity index is 1.97. The minimum absolute atomic E-state index is 0.0457. The summed E-state index contributed by atoms with van der Waals surface area (Å²) in [7, 11) is 1.23. The van der Waals surface area contributed by atoms with Crippen LogP contribution >= 0.6 is 11.6 Å². The fraction of sp³-hybridized carbons (Fsp3) is 0.0526. The van der Waals surface area contributed by atoms with E-state index in [4.69, 9.17) is 11.6 Å². The lowest BCUT2D eigenvalue weighted by Crippen LogP contribution is -2.54. The quantitative estimate of drug-likeness (QED) is 0.465. The molecule has 0 bridgehead atoms. The molecule has 4 amide bonds. The number of nitrogens with one attached hydrogen (secondary N) is 1. The molecule has 0 aromatic heterocycles. The third kappa shape index (κ3) is 3.58. The van der Waals surface area contributed by atoms with Crippen LogP contribution in [0.4, 0.5) is 10.5 Å². The first-order chi connectivity index (χ1) is 13.3. The van der Waals surface area contributed by atoms with Gasteiger partial charge in [0.1, 0.15) is 11.3 Å². The van der Waals surface area contributed by atoms with Gasteiger partial charge in [0.2, 0.25) is 0 Å². The average Bonchev–Trinajstić information content (AvgIpc) is 2.67. The number of hydrogen-bond acceptors (Lipinski definition) is 6. The molecular weight excluding hydrogens is 388 g/mol. The van der Waals surface area contributed by atoms with Gasteiger partial charge in [-0.25, -0.2) is 14.5 Å². The number of imide groups is 2. The van der Waals surface area contributed by atoms with Gasteiger partial charge in [-0.2, -0.15) is 0 Å². The molecule has 142 valence electrons. The van der Waals surface area contributed by atoms with Gasteiger partial charge in [0.05, 0.1) is 23.4 Å². The fourth-order valence-corrected chi connectivity index (χ4v) is 2.72. The van der Waals surface area contributed by atoms with E-state index < -0.39 is 23.8 Å². The van der Waals surface area contributed by atoms with Crippen LogP contribution in [-0.2, 0) is 14.3 Å². The minimum atomic E-state index is -0.915. The van der Waals surface area contributed by atoms with Crippen LogP contribution in [0.2, 0.25) is 5.02 Å². The second-order valence-electron chi connectivity index (χ2n) is 5.71. The Kier molecular flexibility index (Phi) is 5.14. The first kappa shape index (κ1) is 19.1. The molecule has 1 aliphatic rings. The predicted octanol–water partition coefficient (Wildman–Crippen LogP) is 2.50. The maximum Gasteiger partial charge on any atom is 0.337 e. The molecule has 0 aliphatic carbocycles. The number of carbonyl (C=O) groups is 4. The Morgan fingerprint density at radius 3 is 2.43 bits per heavy atom. The van der Waals surface area contributed by atoms with Gasteiger partial charge < -0.3 is 9.84 Å². The highest BCUT2D eigenvalue weighted by Gasteiger charge is 2.36. The fourth-order valence-electron chi connectivity index (χ4n) is 2.54. The van der Waals surface area contributed by atoms with Crippen molar-refractivity contribution in [3.63, 3.8) is 0 Å². The van der Waals surface area contributed by atoms with Gasteiger partial charge in [-0.1, -0.05) is 17.7 Å². The van der Waals surface area contributed by atoms with Crippen molar-refractivity contribution < 1.29 is 29.0 Å². The Hall–Kier alpha value is -3.65. The number of phenols is 1. The summed E-state index contributed by atoms with van der Waals surface area (Å²) in [6.45, 7) is 0. The van der Waals surface area contributed by atoms with Crippen molar-refractivity contribution in [2.75, 3.05) is 12.0 Å². The molecule has 0 unspecified atom stereocenters. The number of barbiturate groups is 1. The van der Waals surface area contributed by atoms with Crippen LogP contribution in [0.25, 0.3) is 6.08 Å². The third-order valence-corrected chi connectivity index (χ3v) is 4.23. The van der Waals surface area contributed by atoms with Gasteiger partial charge in [-0.05, 0) is 48.0 Å². The van der Waals surface area contributed by atoms with E-state index in [0.717, 1.165) is 4.90 Å². The van der Waals surface area contributed by atoms with Gasteiger partial charge in [-0.15, -0.1) is 0 Å². The number of rotatable bonds is 3. The minimum Gasteiger partial charge on any atom is -0.506 e. The number of methoxy groups -OCH3 is 1. The molecule has 1 heterocycles. The van der Waals surface area contributed by atoms with Crippen molar-refractivity contribution in [2.45, 2.75) is 0 Å². The molecular formula is C19H13ClN2O6. The highest BCUT2D eigenvalue weighted by molar-refractivity contribution is 6.39. The maximum absolute atomic E-state index is 12.8. The summed E-state index contributed by atoms with van der Waals surface area (Å²) in [5.74, 6) is -2.42. The highest BCUT2D eigenvalue weighted by atomic mass is 35.5. The summed E-state index contributed by atoms with van der Waals surface area (Å²) < 4.78 is 4.60. The van der Waals surface area contributed by atoms with Gasteiger partial charge >= 0.3 is 12.0 Å². The monoisotopic (exact) mass is 400 g/mol. The van der Waals surface area contributed by atoms with Crippen molar-refractivity contribution in [3.05, 3.63) is 64.2 Å². The Labute approximate surface area is 164 Å². The zero-order chi connectivity index (χ0) is 20.4. The van der Waals surface area contributed by atoms with E-state index in [2.05, 4.69) is 10.1 Å². The average molecular weight is 401 g/mol. The summed E-state index contributed by atoms with van der Waals surface area (Å²) in [6, 6.07) is 8.78. The number of hydrogen-bond donors (Lipinski definition) is 2. The SMILES string of the molecule is COC(=O)c1ccc(N2C(=O)NC(=O)/C(=C/c3ccc(O)c(Cl)c3)C2=O)cc1. The normalized spacial score (nSPS) is 15.6. The molecule has 28 heavy (non-hydrogen) atoms. The van der Waals surface area contributed by atoms with E-state index in [1.54, 1.807) is 0 Å². The molecule has 2 aromatic carbocycles. The molecule has 8 nitrogen and oxygen atoms in total. The molecule has 0 saturated carbocycles. The van der Waals surface area contributed by atoms with E-state index in [0.29, 0.717) is 5.56 Å². The molecule has 3 rings (SSSR count). The van der Waals surface area contributed by atoms with Crippen LogP contribution in [0.5, 0.6) is 5.75 Å².